The predicted octanol–water partition coefficient (Wildman–Crippen LogP) is 4.50. The van der Waals surface area contributed by atoms with Gasteiger partial charge in [0, 0.05) is 24.2 Å². The number of fused-ring (bicyclic) bond motifs is 3. The molecule has 1 unspecified atom stereocenters. The van der Waals surface area contributed by atoms with Crippen LogP contribution >= 0.6 is 23.1 Å². The van der Waals surface area contributed by atoms with E-state index >= 15 is 0 Å². The van der Waals surface area contributed by atoms with Crippen LogP contribution in [0, 0.1) is 0 Å². The maximum Gasteiger partial charge on any atom is 0.263 e. The van der Waals surface area contributed by atoms with Crippen LogP contribution in [0.5, 0.6) is 0 Å². The summed E-state index contributed by atoms with van der Waals surface area (Å²) in [5.74, 6) is -0.0105. The maximum atomic E-state index is 13.2. The topological polar surface area (TPSA) is 55.2 Å². The van der Waals surface area contributed by atoms with Crippen LogP contribution in [0.3, 0.4) is 0 Å². The Kier molecular flexibility index (Phi) is 5.79. The zero-order valence-electron chi connectivity index (χ0n) is 17.0. The van der Waals surface area contributed by atoms with Gasteiger partial charge in [-0.15, -0.1) is 11.3 Å². The minimum absolute atomic E-state index is 0.0105. The van der Waals surface area contributed by atoms with Gasteiger partial charge in [0.15, 0.2) is 5.16 Å². The first-order valence-corrected chi connectivity index (χ1v) is 11.7. The molecule has 0 fully saturated rings. The SMILES string of the molecule is CCn1c(SC(C)C(=O)N(C)c2ccccc2)nc2sc3c(c2c1=O)CCCC3. The van der Waals surface area contributed by atoms with Crippen LogP contribution in [-0.4, -0.2) is 27.8 Å². The number of rotatable bonds is 5. The van der Waals surface area contributed by atoms with Crippen molar-refractivity contribution in [2.45, 2.75) is 56.5 Å². The summed E-state index contributed by atoms with van der Waals surface area (Å²) in [5.41, 5.74) is 2.10. The van der Waals surface area contributed by atoms with Crippen molar-refractivity contribution in [1.82, 2.24) is 9.55 Å². The number of carbonyl (C=O) groups is 1. The molecule has 3 aromatic rings. The molecular weight excluding hydrogens is 402 g/mol. The van der Waals surface area contributed by atoms with Crippen molar-refractivity contribution in [3.8, 4) is 0 Å². The Hall–Kier alpha value is -2.12. The Morgan fingerprint density at radius 2 is 2.00 bits per heavy atom. The summed E-state index contributed by atoms with van der Waals surface area (Å²) in [6, 6.07) is 9.59. The van der Waals surface area contributed by atoms with Crippen molar-refractivity contribution in [2.75, 3.05) is 11.9 Å². The summed E-state index contributed by atoms with van der Waals surface area (Å²) in [6.07, 6.45) is 4.33. The Morgan fingerprint density at radius 3 is 2.72 bits per heavy atom. The van der Waals surface area contributed by atoms with E-state index in [9.17, 15) is 9.59 Å². The number of anilines is 1. The van der Waals surface area contributed by atoms with Crippen molar-refractivity contribution >= 4 is 44.9 Å². The monoisotopic (exact) mass is 427 g/mol. The molecule has 152 valence electrons. The fraction of sp³-hybridized carbons (Fsp3) is 0.409. The number of benzene rings is 1. The van der Waals surface area contributed by atoms with Crippen LogP contribution in [0.1, 0.15) is 37.1 Å². The summed E-state index contributed by atoms with van der Waals surface area (Å²) < 4.78 is 1.72. The molecule has 1 aliphatic carbocycles. The molecule has 4 rings (SSSR count). The van der Waals surface area contributed by atoms with Crippen LogP contribution in [0.15, 0.2) is 40.3 Å². The van der Waals surface area contributed by atoms with Gasteiger partial charge in [-0.1, -0.05) is 30.0 Å². The molecule has 29 heavy (non-hydrogen) atoms. The summed E-state index contributed by atoms with van der Waals surface area (Å²) in [4.78, 5) is 34.8. The van der Waals surface area contributed by atoms with E-state index in [-0.39, 0.29) is 16.7 Å². The molecule has 1 aromatic carbocycles. The number of nitrogens with zero attached hydrogens (tertiary/aromatic N) is 3. The first-order valence-electron chi connectivity index (χ1n) is 10.1. The van der Waals surface area contributed by atoms with Gasteiger partial charge in [0.05, 0.1) is 10.6 Å². The van der Waals surface area contributed by atoms with Gasteiger partial charge in [-0.25, -0.2) is 4.98 Å². The van der Waals surface area contributed by atoms with E-state index in [4.69, 9.17) is 4.98 Å². The number of hydrogen-bond donors (Lipinski definition) is 0. The Balaban J connectivity index is 1.67. The normalized spacial score (nSPS) is 14.6. The quantitative estimate of drug-likeness (QED) is 0.444. The highest BCUT2D eigenvalue weighted by atomic mass is 32.2. The molecule has 0 spiro atoms. The number of hydrogen-bond acceptors (Lipinski definition) is 5. The lowest BCUT2D eigenvalue weighted by atomic mass is 9.97. The average Bonchev–Trinajstić information content (AvgIpc) is 3.12. The Bertz CT molecular complexity index is 1100. The highest BCUT2D eigenvalue weighted by molar-refractivity contribution is 8.00. The third-order valence-electron chi connectivity index (χ3n) is 5.46. The van der Waals surface area contributed by atoms with Crippen molar-refractivity contribution in [3.05, 3.63) is 51.1 Å². The lowest BCUT2D eigenvalue weighted by molar-refractivity contribution is -0.117. The largest absolute Gasteiger partial charge is 0.315 e. The van der Waals surface area contributed by atoms with E-state index in [0.29, 0.717) is 11.7 Å². The smallest absolute Gasteiger partial charge is 0.263 e. The van der Waals surface area contributed by atoms with Crippen LogP contribution in [0.4, 0.5) is 5.69 Å². The molecule has 1 amide bonds. The van der Waals surface area contributed by atoms with Crippen molar-refractivity contribution in [1.29, 1.82) is 0 Å². The van der Waals surface area contributed by atoms with Gasteiger partial charge in [-0.2, -0.15) is 0 Å². The van der Waals surface area contributed by atoms with Gasteiger partial charge in [0.1, 0.15) is 4.83 Å². The Labute approximate surface area is 178 Å². The number of thioether (sulfide) groups is 1. The molecule has 0 radical (unpaired) electrons. The van der Waals surface area contributed by atoms with E-state index in [1.165, 1.54) is 28.6 Å². The summed E-state index contributed by atoms with van der Waals surface area (Å²) >= 11 is 3.02. The van der Waals surface area contributed by atoms with Gasteiger partial charge >= 0.3 is 0 Å². The van der Waals surface area contributed by atoms with E-state index in [1.807, 2.05) is 44.2 Å². The molecule has 0 saturated carbocycles. The molecule has 7 heteroatoms. The molecular formula is C22H25N3O2S2. The van der Waals surface area contributed by atoms with E-state index < -0.39 is 0 Å². The van der Waals surface area contributed by atoms with Crippen LogP contribution in [0.2, 0.25) is 0 Å². The van der Waals surface area contributed by atoms with Crippen LogP contribution < -0.4 is 10.5 Å². The highest BCUT2D eigenvalue weighted by Crippen LogP contribution is 2.35. The van der Waals surface area contributed by atoms with Crippen LogP contribution in [0.25, 0.3) is 10.2 Å². The summed E-state index contributed by atoms with van der Waals surface area (Å²) in [6.45, 7) is 4.38. The van der Waals surface area contributed by atoms with Crippen LogP contribution in [-0.2, 0) is 24.2 Å². The Morgan fingerprint density at radius 1 is 1.28 bits per heavy atom. The zero-order valence-corrected chi connectivity index (χ0v) is 18.6. The third kappa shape index (κ3) is 3.73. The lowest BCUT2D eigenvalue weighted by Crippen LogP contribution is -2.34. The van der Waals surface area contributed by atoms with Crippen molar-refractivity contribution in [2.24, 2.45) is 0 Å². The second-order valence-electron chi connectivity index (χ2n) is 7.33. The molecule has 0 bridgehead atoms. The van der Waals surface area contributed by atoms with Gasteiger partial charge < -0.3 is 4.90 Å². The fourth-order valence-electron chi connectivity index (χ4n) is 3.85. The first kappa shape index (κ1) is 20.2. The number of amides is 1. The van der Waals surface area contributed by atoms with Crippen molar-refractivity contribution < 1.29 is 4.79 Å². The van der Waals surface area contributed by atoms with E-state index in [0.717, 1.165) is 35.2 Å². The molecule has 0 N–H and O–H groups in total. The van der Waals surface area contributed by atoms with Gasteiger partial charge in [0.25, 0.3) is 5.56 Å². The molecule has 2 aromatic heterocycles. The maximum absolute atomic E-state index is 13.2. The molecule has 2 heterocycles. The molecule has 0 aliphatic heterocycles. The van der Waals surface area contributed by atoms with E-state index in [1.54, 1.807) is 27.9 Å². The fourth-order valence-corrected chi connectivity index (χ4v) is 6.22. The van der Waals surface area contributed by atoms with Gasteiger partial charge in [0.2, 0.25) is 5.91 Å². The lowest BCUT2D eigenvalue weighted by Gasteiger charge is -2.21. The standard InChI is InChI=1S/C22H25N3O2S2/c1-4-25-21(27)18-16-12-8-9-13-17(16)29-19(18)23-22(25)28-14(2)20(26)24(3)15-10-6-5-7-11-15/h5-7,10-11,14H,4,8-9,12-13H2,1-3H3. The number of carbonyl (C=O) groups excluding carboxylic acids is 1. The molecule has 1 atom stereocenters. The third-order valence-corrected chi connectivity index (χ3v) is 7.72. The number of aromatic nitrogens is 2. The molecule has 5 nitrogen and oxygen atoms in total. The minimum atomic E-state index is -0.350. The molecule has 0 saturated heterocycles. The number of thiophene rings is 1. The van der Waals surface area contributed by atoms with Gasteiger partial charge in [-0.3, -0.25) is 14.2 Å². The number of para-hydroxylation sites is 1. The highest BCUT2D eigenvalue weighted by Gasteiger charge is 2.25. The molecule has 1 aliphatic rings. The van der Waals surface area contributed by atoms with E-state index in [2.05, 4.69) is 0 Å². The average molecular weight is 428 g/mol. The van der Waals surface area contributed by atoms with Gasteiger partial charge in [-0.05, 0) is 57.2 Å². The summed E-state index contributed by atoms with van der Waals surface area (Å²) in [7, 11) is 1.78. The second-order valence-corrected chi connectivity index (χ2v) is 9.72. The second kappa shape index (κ2) is 8.32. The van der Waals surface area contributed by atoms with Crippen molar-refractivity contribution in [3.63, 3.8) is 0 Å². The predicted molar refractivity (Wildman–Crippen MR) is 121 cm³/mol. The minimum Gasteiger partial charge on any atom is -0.315 e. The first-order chi connectivity index (χ1) is 14.0. The zero-order chi connectivity index (χ0) is 20.5. The number of aryl methyl sites for hydroxylation is 2. The summed E-state index contributed by atoms with van der Waals surface area (Å²) in [5, 5.41) is 1.08.